The largest absolute Gasteiger partial charge is 0.496 e. The number of aryl methyl sites for hydroxylation is 1. The van der Waals surface area contributed by atoms with Crippen molar-refractivity contribution < 1.29 is 32.2 Å². The van der Waals surface area contributed by atoms with E-state index in [1.807, 2.05) is 6.08 Å². The molecule has 35 heavy (non-hydrogen) atoms. The molecule has 0 spiro atoms. The molecule has 9 heteroatoms. The van der Waals surface area contributed by atoms with Crippen LogP contribution in [0.2, 0.25) is 0 Å². The first-order chi connectivity index (χ1) is 16.9. The average Bonchev–Trinajstić information content (AvgIpc) is 3.34. The van der Waals surface area contributed by atoms with Crippen molar-refractivity contribution in [2.75, 3.05) is 34.4 Å². The minimum absolute atomic E-state index is 0.00372. The SMILES string of the molecule is COc1cc(OC)c(C2=CCN(C(=O)CCc3ncc(-c4c(F)cccc4F)o3)CC2)c(OC)c1. The van der Waals surface area contributed by atoms with Crippen molar-refractivity contribution in [3.05, 3.63) is 65.7 Å². The molecule has 0 fully saturated rings. The van der Waals surface area contributed by atoms with Crippen molar-refractivity contribution in [1.82, 2.24) is 9.88 Å². The van der Waals surface area contributed by atoms with E-state index in [1.165, 1.54) is 12.3 Å². The smallest absolute Gasteiger partial charge is 0.223 e. The molecule has 0 radical (unpaired) electrons. The Kier molecular flexibility index (Phi) is 7.33. The molecule has 0 aliphatic carbocycles. The van der Waals surface area contributed by atoms with Gasteiger partial charge in [-0.25, -0.2) is 13.8 Å². The highest BCUT2D eigenvalue weighted by molar-refractivity contribution is 5.81. The van der Waals surface area contributed by atoms with E-state index < -0.39 is 11.6 Å². The van der Waals surface area contributed by atoms with Gasteiger partial charge >= 0.3 is 0 Å². The lowest BCUT2D eigenvalue weighted by atomic mass is 9.97. The van der Waals surface area contributed by atoms with E-state index >= 15 is 0 Å². The summed E-state index contributed by atoms with van der Waals surface area (Å²) in [5, 5.41) is 0. The number of halogens is 2. The monoisotopic (exact) mass is 484 g/mol. The lowest BCUT2D eigenvalue weighted by molar-refractivity contribution is -0.130. The number of amides is 1. The molecule has 1 aromatic heterocycles. The molecule has 2 aromatic carbocycles. The zero-order chi connectivity index (χ0) is 24.9. The fourth-order valence-electron chi connectivity index (χ4n) is 4.09. The van der Waals surface area contributed by atoms with Crippen LogP contribution in [-0.2, 0) is 11.2 Å². The fraction of sp³-hybridized carbons (Fsp3) is 0.308. The van der Waals surface area contributed by atoms with Crippen LogP contribution in [0.3, 0.4) is 0 Å². The number of hydrogen-bond donors (Lipinski definition) is 0. The van der Waals surface area contributed by atoms with Gasteiger partial charge in [0, 0.05) is 38.1 Å². The van der Waals surface area contributed by atoms with Gasteiger partial charge in [0.15, 0.2) is 11.7 Å². The van der Waals surface area contributed by atoms with Crippen molar-refractivity contribution in [2.24, 2.45) is 0 Å². The van der Waals surface area contributed by atoms with E-state index in [1.54, 1.807) is 38.4 Å². The van der Waals surface area contributed by atoms with Crippen molar-refractivity contribution >= 4 is 11.5 Å². The number of oxazole rings is 1. The highest BCUT2D eigenvalue weighted by Gasteiger charge is 2.23. The Hall–Kier alpha value is -3.88. The molecule has 184 valence electrons. The summed E-state index contributed by atoms with van der Waals surface area (Å²) in [5.41, 5.74) is 1.60. The van der Waals surface area contributed by atoms with E-state index in [0.29, 0.717) is 36.8 Å². The molecule has 2 heterocycles. The van der Waals surface area contributed by atoms with E-state index in [0.717, 1.165) is 23.3 Å². The number of benzene rings is 2. The first kappa shape index (κ1) is 24.3. The van der Waals surface area contributed by atoms with Gasteiger partial charge in [-0.05, 0) is 24.1 Å². The minimum Gasteiger partial charge on any atom is -0.496 e. The molecule has 1 aliphatic heterocycles. The lowest BCUT2D eigenvalue weighted by Crippen LogP contribution is -2.34. The minimum atomic E-state index is -0.732. The lowest BCUT2D eigenvalue weighted by Gasteiger charge is -2.28. The number of carbonyl (C=O) groups excluding carboxylic acids is 1. The van der Waals surface area contributed by atoms with Gasteiger partial charge < -0.3 is 23.5 Å². The second-order valence-electron chi connectivity index (χ2n) is 7.94. The Balaban J connectivity index is 1.41. The molecule has 1 amide bonds. The molecular formula is C26H26F2N2O5. The molecule has 3 aromatic rings. The fourth-order valence-corrected chi connectivity index (χ4v) is 4.09. The van der Waals surface area contributed by atoms with Gasteiger partial charge in [0.05, 0.1) is 38.7 Å². The first-order valence-electron chi connectivity index (χ1n) is 11.1. The number of aromatic nitrogens is 1. The number of ether oxygens (including phenoxy) is 3. The van der Waals surface area contributed by atoms with Crippen molar-refractivity contribution in [3.63, 3.8) is 0 Å². The Bertz CT molecular complexity index is 1210. The maximum Gasteiger partial charge on any atom is 0.223 e. The van der Waals surface area contributed by atoms with Gasteiger partial charge in [-0.15, -0.1) is 0 Å². The highest BCUT2D eigenvalue weighted by atomic mass is 19.1. The van der Waals surface area contributed by atoms with Gasteiger partial charge in [0.25, 0.3) is 0 Å². The van der Waals surface area contributed by atoms with E-state index in [2.05, 4.69) is 4.98 Å². The van der Waals surface area contributed by atoms with E-state index in [4.69, 9.17) is 18.6 Å². The quantitative estimate of drug-likeness (QED) is 0.453. The van der Waals surface area contributed by atoms with Crippen LogP contribution >= 0.6 is 0 Å². The van der Waals surface area contributed by atoms with Crippen LogP contribution in [0.1, 0.15) is 24.3 Å². The summed E-state index contributed by atoms with van der Waals surface area (Å²) in [4.78, 5) is 18.6. The van der Waals surface area contributed by atoms with Gasteiger partial charge in [-0.2, -0.15) is 0 Å². The second kappa shape index (κ2) is 10.6. The molecule has 4 rings (SSSR count). The molecule has 0 atom stereocenters. The summed E-state index contributed by atoms with van der Waals surface area (Å²) in [6.45, 7) is 0.962. The third-order valence-electron chi connectivity index (χ3n) is 5.91. The van der Waals surface area contributed by atoms with Crippen molar-refractivity contribution in [3.8, 4) is 28.6 Å². The van der Waals surface area contributed by atoms with Gasteiger partial charge in [0.1, 0.15) is 28.9 Å². The van der Waals surface area contributed by atoms with Crippen LogP contribution in [0.5, 0.6) is 17.2 Å². The molecule has 0 saturated carbocycles. The van der Waals surface area contributed by atoms with Gasteiger partial charge in [-0.1, -0.05) is 12.1 Å². The maximum atomic E-state index is 14.0. The highest BCUT2D eigenvalue weighted by Crippen LogP contribution is 2.41. The van der Waals surface area contributed by atoms with Crippen LogP contribution in [0.4, 0.5) is 8.78 Å². The third kappa shape index (κ3) is 5.13. The Morgan fingerprint density at radius 2 is 1.74 bits per heavy atom. The summed E-state index contributed by atoms with van der Waals surface area (Å²) in [5.74, 6) is 0.618. The van der Waals surface area contributed by atoms with Crippen LogP contribution in [0.25, 0.3) is 16.9 Å². The Labute approximate surface area is 201 Å². The summed E-state index contributed by atoms with van der Waals surface area (Å²) < 4.78 is 49.9. The van der Waals surface area contributed by atoms with Crippen molar-refractivity contribution in [1.29, 1.82) is 0 Å². The third-order valence-corrected chi connectivity index (χ3v) is 5.91. The zero-order valence-corrected chi connectivity index (χ0v) is 19.8. The molecular weight excluding hydrogens is 458 g/mol. The topological polar surface area (TPSA) is 74.0 Å². The van der Waals surface area contributed by atoms with Crippen LogP contribution in [-0.4, -0.2) is 50.2 Å². The number of methoxy groups -OCH3 is 3. The second-order valence-corrected chi connectivity index (χ2v) is 7.94. The van der Waals surface area contributed by atoms with Crippen LogP contribution in [0, 0.1) is 11.6 Å². The summed E-state index contributed by atoms with van der Waals surface area (Å²) in [6, 6.07) is 7.18. The predicted octanol–water partition coefficient (Wildman–Crippen LogP) is 4.89. The van der Waals surface area contributed by atoms with Crippen molar-refractivity contribution in [2.45, 2.75) is 19.3 Å². The molecule has 7 nitrogen and oxygen atoms in total. The number of hydrogen-bond acceptors (Lipinski definition) is 6. The number of nitrogens with zero attached hydrogens (tertiary/aromatic N) is 2. The number of rotatable bonds is 8. The van der Waals surface area contributed by atoms with Crippen LogP contribution < -0.4 is 14.2 Å². The molecule has 0 N–H and O–H groups in total. The molecule has 0 unspecified atom stereocenters. The summed E-state index contributed by atoms with van der Waals surface area (Å²) in [6.07, 6.45) is 4.27. The molecule has 1 aliphatic rings. The zero-order valence-electron chi connectivity index (χ0n) is 19.8. The normalized spacial score (nSPS) is 13.4. The number of carbonyl (C=O) groups is 1. The Morgan fingerprint density at radius 3 is 2.31 bits per heavy atom. The van der Waals surface area contributed by atoms with Gasteiger partial charge in [0.2, 0.25) is 5.91 Å². The summed E-state index contributed by atoms with van der Waals surface area (Å²) >= 11 is 0. The molecule has 0 bridgehead atoms. The Morgan fingerprint density at radius 1 is 1.06 bits per heavy atom. The molecule has 0 saturated heterocycles. The maximum absolute atomic E-state index is 14.0. The van der Waals surface area contributed by atoms with E-state index in [-0.39, 0.29) is 36.0 Å². The standard InChI is InChI=1S/C26H26F2N2O5/c1-32-17-13-20(33-2)25(21(14-17)34-3)16-9-11-30(12-10-16)24(31)8-7-23-29-15-22(35-23)26-18(27)5-4-6-19(26)28/h4-6,9,13-15H,7-8,10-12H2,1-3H3. The predicted molar refractivity (Wildman–Crippen MR) is 125 cm³/mol. The van der Waals surface area contributed by atoms with Gasteiger partial charge in [-0.3, -0.25) is 4.79 Å². The average molecular weight is 484 g/mol. The summed E-state index contributed by atoms with van der Waals surface area (Å²) in [7, 11) is 4.76. The van der Waals surface area contributed by atoms with E-state index in [9.17, 15) is 13.6 Å². The van der Waals surface area contributed by atoms with Crippen LogP contribution in [0.15, 0.2) is 47.0 Å². The first-order valence-corrected chi connectivity index (χ1v) is 11.1.